The lowest BCUT2D eigenvalue weighted by atomic mass is 9.98. The second kappa shape index (κ2) is 7.95. The first-order chi connectivity index (χ1) is 14.4. The minimum absolute atomic E-state index is 0.0955. The first-order valence-electron chi connectivity index (χ1n) is 10.3. The van der Waals surface area contributed by atoms with Gasteiger partial charge in [-0.15, -0.1) is 0 Å². The number of nitrogens with zero attached hydrogens (tertiary/aromatic N) is 2. The summed E-state index contributed by atoms with van der Waals surface area (Å²) in [5.41, 5.74) is 2.22. The van der Waals surface area contributed by atoms with Gasteiger partial charge >= 0.3 is 0 Å². The van der Waals surface area contributed by atoms with Crippen LogP contribution in [0.15, 0.2) is 51.7 Å². The number of fused-ring (bicyclic) bond motifs is 2. The van der Waals surface area contributed by atoms with Crippen molar-refractivity contribution in [3.05, 3.63) is 75.1 Å². The molecule has 0 bridgehead atoms. The van der Waals surface area contributed by atoms with Gasteiger partial charge in [-0.2, -0.15) is 0 Å². The number of phenolic OH excluding ortho intramolecular Hbond substituents is 1. The zero-order chi connectivity index (χ0) is 21.4. The highest BCUT2D eigenvalue weighted by Gasteiger charge is 2.42. The van der Waals surface area contributed by atoms with Crippen LogP contribution in [0.5, 0.6) is 5.75 Å². The molecule has 1 unspecified atom stereocenters. The molecular weight excluding hydrogens is 380 g/mol. The van der Waals surface area contributed by atoms with Crippen molar-refractivity contribution in [2.24, 2.45) is 0 Å². The molecule has 1 aliphatic rings. The van der Waals surface area contributed by atoms with Crippen LogP contribution in [0.2, 0.25) is 0 Å². The fourth-order valence-electron chi connectivity index (χ4n) is 4.20. The summed E-state index contributed by atoms with van der Waals surface area (Å²) in [7, 11) is 0. The lowest BCUT2D eigenvalue weighted by Crippen LogP contribution is -2.37. The Hall–Kier alpha value is -3.12. The summed E-state index contributed by atoms with van der Waals surface area (Å²) >= 11 is 0. The molecule has 6 heteroatoms. The van der Waals surface area contributed by atoms with Crippen LogP contribution in [0.1, 0.15) is 47.1 Å². The summed E-state index contributed by atoms with van der Waals surface area (Å²) in [6.07, 6.45) is 0. The second-order valence-corrected chi connectivity index (χ2v) is 7.70. The van der Waals surface area contributed by atoms with Crippen molar-refractivity contribution in [3.8, 4) is 5.75 Å². The van der Waals surface area contributed by atoms with Crippen LogP contribution in [0.4, 0.5) is 0 Å². The molecule has 6 nitrogen and oxygen atoms in total. The smallest absolute Gasteiger partial charge is 0.290 e. The van der Waals surface area contributed by atoms with Crippen molar-refractivity contribution in [2.75, 3.05) is 26.2 Å². The van der Waals surface area contributed by atoms with Crippen molar-refractivity contribution in [1.82, 2.24) is 9.80 Å². The lowest BCUT2D eigenvalue weighted by molar-refractivity contribution is 0.0708. The number of benzene rings is 2. The Morgan fingerprint density at radius 2 is 1.87 bits per heavy atom. The Kier molecular flexibility index (Phi) is 5.35. The molecule has 1 aliphatic heterocycles. The molecule has 0 aliphatic carbocycles. The highest BCUT2D eigenvalue weighted by atomic mass is 16.3. The molecule has 0 radical (unpaired) electrons. The fourth-order valence-corrected chi connectivity index (χ4v) is 4.20. The zero-order valence-electron chi connectivity index (χ0n) is 17.5. The van der Waals surface area contributed by atoms with Crippen LogP contribution < -0.4 is 5.43 Å². The molecule has 0 fully saturated rings. The molecule has 2 heterocycles. The molecule has 156 valence electrons. The highest BCUT2D eigenvalue weighted by Crippen LogP contribution is 2.38. The van der Waals surface area contributed by atoms with Crippen molar-refractivity contribution in [2.45, 2.75) is 26.8 Å². The molecule has 0 saturated carbocycles. The van der Waals surface area contributed by atoms with E-state index in [1.807, 2.05) is 19.1 Å². The van der Waals surface area contributed by atoms with E-state index in [1.165, 1.54) is 0 Å². The predicted octanol–water partition coefficient (Wildman–Crippen LogP) is 3.69. The Morgan fingerprint density at radius 3 is 2.57 bits per heavy atom. The molecule has 1 amide bonds. The third-order valence-corrected chi connectivity index (χ3v) is 5.86. The quantitative estimate of drug-likeness (QED) is 0.676. The van der Waals surface area contributed by atoms with E-state index >= 15 is 0 Å². The van der Waals surface area contributed by atoms with Crippen LogP contribution in [-0.4, -0.2) is 47.0 Å². The maximum atomic E-state index is 13.5. The van der Waals surface area contributed by atoms with Gasteiger partial charge in [0.2, 0.25) is 5.76 Å². The molecular formula is C24H26N2O4. The number of aromatic hydroxyl groups is 1. The maximum absolute atomic E-state index is 13.5. The van der Waals surface area contributed by atoms with Crippen LogP contribution >= 0.6 is 0 Å². The van der Waals surface area contributed by atoms with E-state index in [0.717, 1.165) is 18.7 Å². The fraction of sp³-hybridized carbons (Fsp3) is 0.333. The summed E-state index contributed by atoms with van der Waals surface area (Å²) < 4.78 is 5.96. The summed E-state index contributed by atoms with van der Waals surface area (Å²) in [5, 5.41) is 10.5. The Morgan fingerprint density at radius 1 is 1.10 bits per heavy atom. The highest BCUT2D eigenvalue weighted by molar-refractivity contribution is 5.99. The third kappa shape index (κ3) is 3.37. The number of carbonyl (C=O) groups excluding carboxylic acids is 1. The molecule has 2 aromatic carbocycles. The van der Waals surface area contributed by atoms with Crippen molar-refractivity contribution < 1.29 is 14.3 Å². The van der Waals surface area contributed by atoms with Crippen molar-refractivity contribution in [1.29, 1.82) is 0 Å². The largest absolute Gasteiger partial charge is 0.508 e. The van der Waals surface area contributed by atoms with Gasteiger partial charge in [-0.25, -0.2) is 0 Å². The van der Waals surface area contributed by atoms with Gasteiger partial charge in [-0.05, 0) is 49.8 Å². The first kappa shape index (κ1) is 20.2. The minimum atomic E-state index is -0.587. The van der Waals surface area contributed by atoms with Gasteiger partial charge in [0.15, 0.2) is 5.43 Å². The molecule has 4 rings (SSSR count). The normalized spacial score (nSPS) is 15.9. The molecule has 0 saturated heterocycles. The molecule has 1 atom stereocenters. The van der Waals surface area contributed by atoms with Crippen LogP contribution in [0, 0.1) is 6.92 Å². The number of hydrogen-bond acceptors (Lipinski definition) is 5. The number of carbonyl (C=O) groups is 1. The zero-order valence-corrected chi connectivity index (χ0v) is 17.5. The van der Waals surface area contributed by atoms with E-state index in [2.05, 4.69) is 18.7 Å². The van der Waals surface area contributed by atoms with Gasteiger partial charge in [0.1, 0.15) is 11.3 Å². The molecule has 1 N–H and O–H groups in total. The van der Waals surface area contributed by atoms with Crippen LogP contribution in [0.25, 0.3) is 11.0 Å². The molecule has 0 spiro atoms. The Labute approximate surface area is 175 Å². The van der Waals surface area contributed by atoms with Crippen molar-refractivity contribution >= 4 is 16.9 Å². The topological polar surface area (TPSA) is 74.0 Å². The summed E-state index contributed by atoms with van der Waals surface area (Å²) in [6.45, 7) is 8.98. The minimum Gasteiger partial charge on any atom is -0.508 e. The van der Waals surface area contributed by atoms with E-state index in [4.69, 9.17) is 4.42 Å². The molecule has 3 aromatic rings. The Balaban J connectivity index is 1.89. The van der Waals surface area contributed by atoms with Gasteiger partial charge in [-0.1, -0.05) is 37.6 Å². The van der Waals surface area contributed by atoms with E-state index in [0.29, 0.717) is 35.2 Å². The average molecular weight is 406 g/mol. The Bertz CT molecular complexity index is 1160. The molecule has 30 heavy (non-hydrogen) atoms. The number of likely N-dealkylation sites (N-methyl/N-ethyl adjacent to an activating group) is 1. The average Bonchev–Trinajstić information content (AvgIpc) is 3.02. The number of rotatable bonds is 6. The van der Waals surface area contributed by atoms with Crippen LogP contribution in [0.3, 0.4) is 0 Å². The first-order valence-corrected chi connectivity index (χ1v) is 10.3. The van der Waals surface area contributed by atoms with Gasteiger partial charge in [0, 0.05) is 13.1 Å². The third-order valence-electron chi connectivity index (χ3n) is 5.86. The number of hydrogen-bond donors (Lipinski definition) is 1. The summed E-state index contributed by atoms with van der Waals surface area (Å²) in [5.74, 6) is -0.0903. The van der Waals surface area contributed by atoms with Gasteiger partial charge in [0.05, 0.1) is 17.0 Å². The van der Waals surface area contributed by atoms with E-state index < -0.39 is 6.04 Å². The van der Waals surface area contributed by atoms with E-state index in [9.17, 15) is 14.7 Å². The summed E-state index contributed by atoms with van der Waals surface area (Å²) in [4.78, 5) is 30.7. The lowest BCUT2D eigenvalue weighted by Gasteiger charge is -2.28. The van der Waals surface area contributed by atoms with E-state index in [-0.39, 0.29) is 22.8 Å². The standard InChI is InChI=1S/C24H26N2O4/c1-4-25(5-2)11-12-26-21(16-7-6-8-17(27)14-16)20-22(28)18-13-15(3)9-10-19(18)30-23(20)24(26)29/h6-10,13-14,21,27H,4-5,11-12H2,1-3H3. The van der Waals surface area contributed by atoms with Gasteiger partial charge < -0.3 is 19.3 Å². The number of amides is 1. The maximum Gasteiger partial charge on any atom is 0.290 e. The number of phenols is 1. The molecule has 1 aromatic heterocycles. The summed E-state index contributed by atoms with van der Waals surface area (Å²) in [6, 6.07) is 11.6. The van der Waals surface area contributed by atoms with Gasteiger partial charge in [-0.3, -0.25) is 9.59 Å². The number of aryl methyl sites for hydroxylation is 1. The SMILES string of the molecule is CCN(CC)CCN1C(=O)c2oc3ccc(C)cc3c(=O)c2C1c1cccc(O)c1. The monoisotopic (exact) mass is 406 g/mol. The predicted molar refractivity (Wildman–Crippen MR) is 116 cm³/mol. The van der Waals surface area contributed by atoms with Gasteiger partial charge in [0.25, 0.3) is 5.91 Å². The second-order valence-electron chi connectivity index (χ2n) is 7.70. The van der Waals surface area contributed by atoms with Crippen molar-refractivity contribution in [3.63, 3.8) is 0 Å². The van der Waals surface area contributed by atoms with E-state index in [1.54, 1.807) is 35.2 Å². The van der Waals surface area contributed by atoms with Crippen LogP contribution in [-0.2, 0) is 0 Å².